The number of benzene rings is 1. The molecule has 36 heavy (non-hydrogen) atoms. The normalized spacial score (nSPS) is 20.9. The van der Waals surface area contributed by atoms with Crippen molar-refractivity contribution in [1.82, 2.24) is 15.3 Å². The van der Waals surface area contributed by atoms with E-state index >= 15 is 0 Å². The lowest BCUT2D eigenvalue weighted by Gasteiger charge is -2.44. The van der Waals surface area contributed by atoms with Gasteiger partial charge in [-0.3, -0.25) is 10.2 Å². The first-order valence-electron chi connectivity index (χ1n) is 11.2. The summed E-state index contributed by atoms with van der Waals surface area (Å²) < 4.78 is 67.6. The van der Waals surface area contributed by atoms with Crippen LogP contribution in [0.4, 0.5) is 27.8 Å². The lowest BCUT2D eigenvalue weighted by atomic mass is 9.87. The summed E-state index contributed by atoms with van der Waals surface area (Å²) in [5.41, 5.74) is 9.01. The van der Waals surface area contributed by atoms with E-state index in [9.17, 15) is 26.7 Å². The van der Waals surface area contributed by atoms with Crippen LogP contribution in [-0.2, 0) is 6.18 Å². The average Bonchev–Trinajstić information content (AvgIpc) is 2.80. The van der Waals surface area contributed by atoms with Crippen LogP contribution < -0.4 is 16.5 Å². The highest BCUT2D eigenvalue weighted by atomic mass is 19.4. The fraction of sp³-hybridized carbons (Fsp3) is 0.478. The molecule has 1 amide bonds. The van der Waals surface area contributed by atoms with Gasteiger partial charge in [0.15, 0.2) is 0 Å². The summed E-state index contributed by atoms with van der Waals surface area (Å²) in [6, 6.07) is 6.27. The number of anilines is 1. The molecule has 0 bridgehead atoms. The van der Waals surface area contributed by atoms with Gasteiger partial charge >= 0.3 is 6.18 Å². The van der Waals surface area contributed by atoms with Crippen molar-refractivity contribution in [1.29, 1.82) is 0 Å². The molecular formula is C23H28F5N7O. The van der Waals surface area contributed by atoms with Crippen LogP contribution in [0.5, 0.6) is 0 Å². The molecule has 1 aromatic carbocycles. The number of hydrogen-bond donors (Lipinski definition) is 3. The molecule has 1 aliphatic heterocycles. The Bertz CT molecular complexity index is 1090. The van der Waals surface area contributed by atoms with Crippen molar-refractivity contribution < 1.29 is 26.7 Å². The maximum Gasteiger partial charge on any atom is 0.417 e. The van der Waals surface area contributed by atoms with E-state index in [-0.39, 0.29) is 17.9 Å². The zero-order valence-corrected chi connectivity index (χ0v) is 20.0. The van der Waals surface area contributed by atoms with Crippen molar-refractivity contribution in [2.75, 3.05) is 25.5 Å². The average molecular weight is 514 g/mol. The minimum atomic E-state index is -4.53. The number of rotatable bonds is 7. The molecule has 3 unspecified atom stereocenters. The van der Waals surface area contributed by atoms with Crippen molar-refractivity contribution in [3.63, 3.8) is 0 Å². The smallest absolute Gasteiger partial charge is 0.368 e. The van der Waals surface area contributed by atoms with Gasteiger partial charge in [0.2, 0.25) is 0 Å². The van der Waals surface area contributed by atoms with Gasteiger partial charge in [-0.25, -0.2) is 13.8 Å². The molecule has 2 aromatic rings. The Morgan fingerprint density at radius 1 is 1.31 bits per heavy atom. The van der Waals surface area contributed by atoms with Crippen molar-refractivity contribution in [3.05, 3.63) is 58.8 Å². The van der Waals surface area contributed by atoms with Crippen LogP contribution in [0.2, 0.25) is 0 Å². The first-order chi connectivity index (χ1) is 16.8. The number of alkyl halides is 5. The molecule has 3 atom stereocenters. The lowest BCUT2D eigenvalue weighted by molar-refractivity contribution is -0.137. The molecule has 1 saturated heterocycles. The summed E-state index contributed by atoms with van der Waals surface area (Å²) in [6.45, 7) is 2.56. The summed E-state index contributed by atoms with van der Waals surface area (Å²) in [4.78, 5) is 18.5. The van der Waals surface area contributed by atoms with Crippen LogP contribution in [0.15, 0.2) is 46.9 Å². The molecule has 0 spiro atoms. The molecule has 196 valence electrons. The quantitative estimate of drug-likeness (QED) is 0.218. The number of aryl methyl sites for hydroxylation is 1. The van der Waals surface area contributed by atoms with Crippen LogP contribution in [-0.4, -0.2) is 47.9 Å². The number of nitrogens with two attached hydrogens (primary N) is 1. The third kappa shape index (κ3) is 6.45. The number of nitrogens with one attached hydrogen (secondary N) is 2. The molecule has 0 aliphatic carbocycles. The molecule has 1 fully saturated rings. The first-order valence-corrected chi connectivity index (χ1v) is 11.2. The topological polar surface area (TPSA) is 108 Å². The Balaban J connectivity index is 1.88. The van der Waals surface area contributed by atoms with Gasteiger partial charge in [0.1, 0.15) is 12.0 Å². The Morgan fingerprint density at radius 3 is 2.64 bits per heavy atom. The first kappa shape index (κ1) is 27.2. The molecule has 4 N–H and O–H groups in total. The van der Waals surface area contributed by atoms with E-state index in [4.69, 9.17) is 5.73 Å². The minimum absolute atomic E-state index is 0.0108. The van der Waals surface area contributed by atoms with E-state index in [0.717, 1.165) is 22.6 Å². The van der Waals surface area contributed by atoms with Crippen LogP contribution in [0.1, 0.15) is 46.6 Å². The van der Waals surface area contributed by atoms with E-state index in [1.54, 1.807) is 32.0 Å². The van der Waals surface area contributed by atoms with Gasteiger partial charge in [-0.05, 0) is 31.0 Å². The lowest BCUT2D eigenvalue weighted by Crippen LogP contribution is -2.57. The van der Waals surface area contributed by atoms with Crippen molar-refractivity contribution >= 4 is 11.7 Å². The molecule has 1 aromatic heterocycles. The summed E-state index contributed by atoms with van der Waals surface area (Å²) in [7, 11) is 1.43. The van der Waals surface area contributed by atoms with Gasteiger partial charge < -0.3 is 16.0 Å². The summed E-state index contributed by atoms with van der Waals surface area (Å²) in [5.74, 6) is -4.24. The third-order valence-corrected chi connectivity index (χ3v) is 5.99. The second-order valence-corrected chi connectivity index (χ2v) is 8.85. The molecule has 2 heterocycles. The fourth-order valence-corrected chi connectivity index (χ4v) is 4.23. The molecule has 8 nitrogen and oxygen atoms in total. The predicted octanol–water partition coefficient (Wildman–Crippen LogP) is 4.55. The Hall–Kier alpha value is -3.35. The largest absolute Gasteiger partial charge is 0.417 e. The summed E-state index contributed by atoms with van der Waals surface area (Å²) in [5, 5.41) is 10.1. The van der Waals surface area contributed by atoms with Gasteiger partial charge in [0.05, 0.1) is 25.2 Å². The van der Waals surface area contributed by atoms with Gasteiger partial charge in [0, 0.05) is 30.3 Å². The number of piperidine rings is 1. The summed E-state index contributed by atoms with van der Waals surface area (Å²) >= 11 is 0. The highest BCUT2D eigenvalue weighted by Gasteiger charge is 2.46. The molecule has 13 heteroatoms. The number of carbonyl (C=O) groups is 1. The predicted molar refractivity (Wildman–Crippen MR) is 123 cm³/mol. The van der Waals surface area contributed by atoms with E-state index < -0.39 is 54.7 Å². The summed E-state index contributed by atoms with van der Waals surface area (Å²) in [6.07, 6.45) is -5.20. The molecule has 3 rings (SSSR count). The second-order valence-electron chi connectivity index (χ2n) is 8.85. The van der Waals surface area contributed by atoms with E-state index in [2.05, 4.69) is 26.1 Å². The van der Waals surface area contributed by atoms with Gasteiger partial charge in [-0.1, -0.05) is 29.8 Å². The van der Waals surface area contributed by atoms with Crippen LogP contribution >= 0.6 is 0 Å². The third-order valence-electron chi connectivity index (χ3n) is 5.99. The molecule has 1 aliphatic rings. The molecule has 0 radical (unpaired) electrons. The van der Waals surface area contributed by atoms with Crippen molar-refractivity contribution in [2.24, 2.45) is 22.0 Å². The van der Waals surface area contributed by atoms with Crippen molar-refractivity contribution in [3.8, 4) is 0 Å². The number of halogens is 5. The van der Waals surface area contributed by atoms with E-state index in [1.807, 2.05) is 0 Å². The fourth-order valence-electron chi connectivity index (χ4n) is 4.23. The standard InChI is InChI=1S/C23H28F5N7O/c1-13-4-6-16(20(29)33-34-30-3)17(8-13)21(36)35-12-22(24,25)9-14(2)18(35)11-32-19-7-5-15(10-31-19)23(26,27)28/h4-8,10,14,18,20H,9,11-12,29H2,1-3H3,(H,30,33)(H,31,32). The Labute approximate surface area is 205 Å². The number of likely N-dealkylation sites (tertiary alicyclic amines) is 1. The van der Waals surface area contributed by atoms with E-state index in [1.165, 1.54) is 7.05 Å². The number of aromatic nitrogens is 1. The van der Waals surface area contributed by atoms with Gasteiger partial charge in [-0.15, -0.1) is 0 Å². The SMILES string of the molecule is CN=NNC(N)c1ccc(C)cc1C(=O)N1CC(F)(F)CC(C)C1CNc1ccc(C(F)(F)F)cn1. The Morgan fingerprint density at radius 2 is 2.03 bits per heavy atom. The number of pyridine rings is 1. The molecular weight excluding hydrogens is 485 g/mol. The number of hydrogen-bond acceptors (Lipinski definition) is 6. The van der Waals surface area contributed by atoms with Crippen LogP contribution in [0.25, 0.3) is 0 Å². The minimum Gasteiger partial charge on any atom is -0.368 e. The number of amides is 1. The molecule has 0 saturated carbocycles. The van der Waals surface area contributed by atoms with E-state index in [0.29, 0.717) is 11.8 Å². The second kappa shape index (κ2) is 10.7. The number of nitrogens with zero attached hydrogens (tertiary/aromatic N) is 4. The maximum absolute atomic E-state index is 14.6. The monoisotopic (exact) mass is 513 g/mol. The van der Waals surface area contributed by atoms with Crippen LogP contribution in [0.3, 0.4) is 0 Å². The van der Waals surface area contributed by atoms with Crippen LogP contribution in [0, 0.1) is 12.8 Å². The highest BCUT2D eigenvalue weighted by Crippen LogP contribution is 2.36. The van der Waals surface area contributed by atoms with Crippen molar-refractivity contribution in [2.45, 2.75) is 44.6 Å². The zero-order chi connectivity index (χ0) is 26.7. The highest BCUT2D eigenvalue weighted by molar-refractivity contribution is 5.96. The zero-order valence-electron chi connectivity index (χ0n) is 20.0. The Kier molecular flexibility index (Phi) is 8.12. The number of carbonyl (C=O) groups excluding carboxylic acids is 1. The van der Waals surface area contributed by atoms with Gasteiger partial charge in [-0.2, -0.15) is 18.3 Å². The maximum atomic E-state index is 14.6. The van der Waals surface area contributed by atoms with Gasteiger partial charge in [0.25, 0.3) is 11.8 Å².